The van der Waals surface area contributed by atoms with Crippen LogP contribution >= 0.6 is 11.3 Å². The maximum absolute atomic E-state index is 13.8. The second-order valence-corrected chi connectivity index (χ2v) is 5.44. The molecule has 1 N–H and O–H groups in total. The minimum Gasteiger partial charge on any atom is -0.305 e. The van der Waals surface area contributed by atoms with E-state index in [9.17, 15) is 4.39 Å². The third kappa shape index (κ3) is 1.87. The third-order valence-corrected chi connectivity index (χ3v) is 4.10. The summed E-state index contributed by atoms with van der Waals surface area (Å²) >= 11 is 1.66. The predicted molar refractivity (Wildman–Crippen MR) is 66.8 cm³/mol. The molecule has 0 amide bonds. The highest BCUT2D eigenvalue weighted by Gasteiger charge is 2.26. The molecule has 1 atom stereocenters. The summed E-state index contributed by atoms with van der Waals surface area (Å²) in [4.78, 5) is 5.68. The Morgan fingerprint density at radius 2 is 2.24 bits per heavy atom. The van der Waals surface area contributed by atoms with Gasteiger partial charge in [0.2, 0.25) is 0 Å². The average molecular weight is 248 g/mol. The fourth-order valence-corrected chi connectivity index (χ4v) is 3.35. The number of aryl methyl sites for hydroxylation is 1. The van der Waals surface area contributed by atoms with E-state index < -0.39 is 0 Å². The van der Waals surface area contributed by atoms with Crippen LogP contribution in [-0.2, 0) is 6.42 Å². The van der Waals surface area contributed by atoms with E-state index >= 15 is 0 Å². The van der Waals surface area contributed by atoms with E-state index in [1.165, 1.54) is 10.9 Å². The molecule has 17 heavy (non-hydrogen) atoms. The van der Waals surface area contributed by atoms with Gasteiger partial charge in [0.1, 0.15) is 5.82 Å². The standard InChI is InChI=1S/C13H13FN2S/c1-8-16-11-6-7-15-12(13(11)17-8)9-4-2-3-5-10(9)14/h2-5,12,15H,6-7H2,1H3. The Bertz CT molecular complexity index is 550. The zero-order valence-corrected chi connectivity index (χ0v) is 10.4. The van der Waals surface area contributed by atoms with Crippen LogP contribution in [0.1, 0.15) is 27.2 Å². The van der Waals surface area contributed by atoms with E-state index in [2.05, 4.69) is 10.3 Å². The summed E-state index contributed by atoms with van der Waals surface area (Å²) in [6, 6.07) is 6.92. The van der Waals surface area contributed by atoms with Gasteiger partial charge in [0, 0.05) is 23.4 Å². The highest BCUT2D eigenvalue weighted by molar-refractivity contribution is 7.11. The summed E-state index contributed by atoms with van der Waals surface area (Å²) in [6.07, 6.45) is 0.935. The molecule has 2 aromatic rings. The lowest BCUT2D eigenvalue weighted by Crippen LogP contribution is -2.30. The van der Waals surface area contributed by atoms with Gasteiger partial charge in [-0.2, -0.15) is 0 Å². The molecule has 2 heterocycles. The number of fused-ring (bicyclic) bond motifs is 1. The molecular weight excluding hydrogens is 235 g/mol. The molecule has 1 aromatic heterocycles. The zero-order valence-electron chi connectivity index (χ0n) is 9.53. The molecule has 0 fully saturated rings. The van der Waals surface area contributed by atoms with Crippen molar-refractivity contribution >= 4 is 11.3 Å². The van der Waals surface area contributed by atoms with Crippen molar-refractivity contribution < 1.29 is 4.39 Å². The van der Waals surface area contributed by atoms with Crippen molar-refractivity contribution in [3.8, 4) is 0 Å². The quantitative estimate of drug-likeness (QED) is 0.839. The lowest BCUT2D eigenvalue weighted by atomic mass is 9.99. The van der Waals surface area contributed by atoms with Crippen molar-refractivity contribution in [3.63, 3.8) is 0 Å². The number of nitrogens with zero attached hydrogens (tertiary/aromatic N) is 1. The van der Waals surface area contributed by atoms with Crippen LogP contribution in [0, 0.1) is 12.7 Å². The smallest absolute Gasteiger partial charge is 0.128 e. The Balaban J connectivity index is 2.09. The van der Waals surface area contributed by atoms with Crippen molar-refractivity contribution in [1.29, 1.82) is 0 Å². The van der Waals surface area contributed by atoms with Crippen molar-refractivity contribution in [1.82, 2.24) is 10.3 Å². The number of rotatable bonds is 1. The van der Waals surface area contributed by atoms with Crippen molar-refractivity contribution in [2.24, 2.45) is 0 Å². The van der Waals surface area contributed by atoms with Crippen LogP contribution in [0.25, 0.3) is 0 Å². The summed E-state index contributed by atoms with van der Waals surface area (Å²) < 4.78 is 13.8. The monoisotopic (exact) mass is 248 g/mol. The Kier molecular flexibility index (Phi) is 2.68. The summed E-state index contributed by atoms with van der Waals surface area (Å²) in [7, 11) is 0. The first-order chi connectivity index (χ1) is 8.25. The van der Waals surface area contributed by atoms with Crippen LogP contribution in [0.2, 0.25) is 0 Å². The molecule has 0 spiro atoms. The van der Waals surface area contributed by atoms with Gasteiger partial charge in [-0.1, -0.05) is 18.2 Å². The van der Waals surface area contributed by atoms with Crippen LogP contribution in [0.15, 0.2) is 24.3 Å². The van der Waals surface area contributed by atoms with Gasteiger partial charge in [-0.25, -0.2) is 9.37 Å². The van der Waals surface area contributed by atoms with E-state index in [1.54, 1.807) is 17.4 Å². The first-order valence-electron chi connectivity index (χ1n) is 5.69. The van der Waals surface area contributed by atoms with E-state index in [0.29, 0.717) is 0 Å². The van der Waals surface area contributed by atoms with Gasteiger partial charge in [-0.05, 0) is 13.0 Å². The van der Waals surface area contributed by atoms with Crippen molar-refractivity contribution in [3.05, 3.63) is 51.2 Å². The molecule has 1 aliphatic rings. The highest BCUT2D eigenvalue weighted by atomic mass is 32.1. The molecule has 3 rings (SSSR count). The van der Waals surface area contributed by atoms with E-state index in [-0.39, 0.29) is 11.9 Å². The number of nitrogens with one attached hydrogen (secondary N) is 1. The van der Waals surface area contributed by atoms with E-state index in [0.717, 1.165) is 29.2 Å². The number of hydrogen-bond acceptors (Lipinski definition) is 3. The molecule has 88 valence electrons. The van der Waals surface area contributed by atoms with Gasteiger partial charge in [0.05, 0.1) is 16.7 Å². The van der Waals surface area contributed by atoms with Gasteiger partial charge in [-0.15, -0.1) is 11.3 Å². The minimum atomic E-state index is -0.149. The molecule has 0 aliphatic carbocycles. The first kappa shape index (κ1) is 10.9. The fraction of sp³-hybridized carbons (Fsp3) is 0.308. The number of aromatic nitrogens is 1. The number of hydrogen-bond donors (Lipinski definition) is 1. The Morgan fingerprint density at radius 3 is 3.06 bits per heavy atom. The van der Waals surface area contributed by atoms with Crippen LogP contribution < -0.4 is 5.32 Å². The van der Waals surface area contributed by atoms with Crippen LogP contribution in [0.4, 0.5) is 4.39 Å². The summed E-state index contributed by atoms with van der Waals surface area (Å²) in [5, 5.41) is 4.43. The largest absolute Gasteiger partial charge is 0.305 e. The Labute approximate surface area is 104 Å². The molecule has 2 nitrogen and oxygen atoms in total. The maximum Gasteiger partial charge on any atom is 0.128 e. The van der Waals surface area contributed by atoms with Gasteiger partial charge < -0.3 is 5.32 Å². The van der Waals surface area contributed by atoms with Crippen LogP contribution in [-0.4, -0.2) is 11.5 Å². The van der Waals surface area contributed by atoms with Gasteiger partial charge in [0.15, 0.2) is 0 Å². The molecule has 0 saturated carbocycles. The van der Waals surface area contributed by atoms with Crippen molar-refractivity contribution in [2.45, 2.75) is 19.4 Å². The predicted octanol–water partition coefficient (Wildman–Crippen LogP) is 2.83. The van der Waals surface area contributed by atoms with E-state index in [1.807, 2.05) is 19.1 Å². The lowest BCUT2D eigenvalue weighted by Gasteiger charge is -2.23. The summed E-state index contributed by atoms with van der Waals surface area (Å²) in [6.45, 7) is 2.86. The molecule has 4 heteroatoms. The molecule has 0 radical (unpaired) electrons. The van der Waals surface area contributed by atoms with Gasteiger partial charge in [-0.3, -0.25) is 0 Å². The minimum absolute atomic E-state index is 0.0360. The summed E-state index contributed by atoms with van der Waals surface area (Å²) in [5.74, 6) is -0.149. The van der Waals surface area contributed by atoms with Crippen LogP contribution in [0.5, 0.6) is 0 Å². The van der Waals surface area contributed by atoms with Gasteiger partial charge in [0.25, 0.3) is 0 Å². The third-order valence-electron chi connectivity index (χ3n) is 3.02. The van der Waals surface area contributed by atoms with Gasteiger partial charge >= 0.3 is 0 Å². The summed E-state index contributed by atoms with van der Waals surface area (Å²) in [5.41, 5.74) is 1.84. The lowest BCUT2D eigenvalue weighted by molar-refractivity contribution is 0.531. The normalized spacial score (nSPS) is 19.1. The number of halogens is 1. The fourth-order valence-electron chi connectivity index (χ4n) is 2.28. The Hall–Kier alpha value is -1.26. The zero-order chi connectivity index (χ0) is 11.8. The highest BCUT2D eigenvalue weighted by Crippen LogP contribution is 2.33. The number of benzene rings is 1. The molecule has 1 unspecified atom stereocenters. The second kappa shape index (κ2) is 4.20. The van der Waals surface area contributed by atoms with Crippen LogP contribution in [0.3, 0.4) is 0 Å². The average Bonchev–Trinajstić information content (AvgIpc) is 2.70. The second-order valence-electron chi connectivity index (χ2n) is 4.20. The SMILES string of the molecule is Cc1nc2c(s1)C(c1ccccc1F)NCC2. The van der Waals surface area contributed by atoms with E-state index in [4.69, 9.17) is 0 Å². The molecule has 0 saturated heterocycles. The van der Waals surface area contributed by atoms with Crippen molar-refractivity contribution in [2.75, 3.05) is 6.54 Å². The molecule has 1 aliphatic heterocycles. The Morgan fingerprint density at radius 1 is 1.41 bits per heavy atom. The molecule has 0 bridgehead atoms. The molecular formula is C13H13FN2S. The topological polar surface area (TPSA) is 24.9 Å². The molecule has 1 aromatic carbocycles. The first-order valence-corrected chi connectivity index (χ1v) is 6.51. The number of thiazole rings is 1. The maximum atomic E-state index is 13.8.